The summed E-state index contributed by atoms with van der Waals surface area (Å²) in [4.78, 5) is 18.5. The van der Waals surface area contributed by atoms with Crippen LogP contribution in [0.15, 0.2) is 36.5 Å². The van der Waals surface area contributed by atoms with E-state index in [1.165, 1.54) is 12.1 Å². The number of pyridine rings is 2. The third-order valence-corrected chi connectivity index (χ3v) is 3.62. The maximum atomic E-state index is 12.9. The lowest BCUT2D eigenvalue weighted by atomic mass is 10.3. The molecule has 0 aliphatic rings. The SMILES string of the molecule is OCCNc1nc(Nc2ccnc(C(F)(F)F)c2)nc(Nc2cccc(C(F)(F)F)n2)n1. The highest BCUT2D eigenvalue weighted by atomic mass is 19.4. The van der Waals surface area contributed by atoms with E-state index in [1.54, 1.807) is 0 Å². The molecule has 0 saturated carbocycles. The largest absolute Gasteiger partial charge is 0.433 e. The summed E-state index contributed by atoms with van der Waals surface area (Å²) in [6.45, 7) is -0.260. The van der Waals surface area contributed by atoms with E-state index in [-0.39, 0.29) is 42.5 Å². The molecule has 3 aromatic heterocycles. The quantitative estimate of drug-likeness (QED) is 0.392. The molecule has 0 radical (unpaired) electrons. The normalized spacial score (nSPS) is 11.8. The highest BCUT2D eigenvalue weighted by molar-refractivity contribution is 5.58. The van der Waals surface area contributed by atoms with Gasteiger partial charge in [0.1, 0.15) is 17.2 Å². The summed E-state index contributed by atoms with van der Waals surface area (Å²) in [6, 6.07) is 5.11. The second-order valence-electron chi connectivity index (χ2n) is 6.04. The standard InChI is InChI=1S/C17H14F6N8O/c18-16(19,20)10-2-1-3-12(27-10)28-15-30-13(25-6-7-32)29-14(31-15)26-9-4-5-24-11(8-9)17(21,22)23/h1-5,8,32H,6-7H2,(H3,24,25,26,27,28,29,30,31). The summed E-state index contributed by atoms with van der Waals surface area (Å²) in [5.74, 6) is -0.807. The highest BCUT2D eigenvalue weighted by Gasteiger charge is 2.33. The molecule has 0 aliphatic carbocycles. The van der Waals surface area contributed by atoms with Crippen molar-refractivity contribution in [3.63, 3.8) is 0 Å². The number of rotatable bonds is 7. The number of halogens is 6. The molecule has 0 saturated heterocycles. The van der Waals surface area contributed by atoms with Crippen LogP contribution < -0.4 is 16.0 Å². The van der Waals surface area contributed by atoms with Gasteiger partial charge in [-0.05, 0) is 24.3 Å². The van der Waals surface area contributed by atoms with Gasteiger partial charge in [0.05, 0.1) is 6.61 Å². The number of nitrogens with zero attached hydrogens (tertiary/aromatic N) is 5. The Morgan fingerprint density at radius 1 is 0.781 bits per heavy atom. The molecule has 3 heterocycles. The average Bonchev–Trinajstić information content (AvgIpc) is 2.71. The molecule has 15 heteroatoms. The predicted octanol–water partition coefficient (Wildman–Crippen LogP) is 3.59. The smallest absolute Gasteiger partial charge is 0.395 e. The molecular formula is C17H14F6N8O. The van der Waals surface area contributed by atoms with E-state index >= 15 is 0 Å². The Balaban J connectivity index is 1.90. The molecule has 32 heavy (non-hydrogen) atoms. The van der Waals surface area contributed by atoms with Gasteiger partial charge in [-0.2, -0.15) is 41.3 Å². The first-order chi connectivity index (χ1) is 15.0. The van der Waals surface area contributed by atoms with Gasteiger partial charge in [-0.1, -0.05) is 6.07 Å². The topological polar surface area (TPSA) is 121 Å². The summed E-state index contributed by atoms with van der Waals surface area (Å²) in [5.41, 5.74) is -2.35. The lowest BCUT2D eigenvalue weighted by Crippen LogP contribution is -2.13. The fourth-order valence-corrected chi connectivity index (χ4v) is 2.30. The first kappa shape index (κ1) is 22.9. The van der Waals surface area contributed by atoms with Crippen molar-refractivity contribution in [2.24, 2.45) is 0 Å². The number of aromatic nitrogens is 5. The van der Waals surface area contributed by atoms with Crippen molar-refractivity contribution in [3.8, 4) is 0 Å². The van der Waals surface area contributed by atoms with Gasteiger partial charge in [0.2, 0.25) is 17.8 Å². The van der Waals surface area contributed by atoms with Gasteiger partial charge in [-0.25, -0.2) is 4.98 Å². The van der Waals surface area contributed by atoms with Gasteiger partial charge in [-0.15, -0.1) is 0 Å². The lowest BCUT2D eigenvalue weighted by molar-refractivity contribution is -0.141. The zero-order valence-electron chi connectivity index (χ0n) is 15.8. The molecule has 4 N–H and O–H groups in total. The Hall–Kier alpha value is -3.75. The first-order valence-electron chi connectivity index (χ1n) is 8.77. The Morgan fingerprint density at radius 2 is 1.44 bits per heavy atom. The van der Waals surface area contributed by atoms with Gasteiger partial charge in [-0.3, -0.25) is 4.98 Å². The minimum atomic E-state index is -4.67. The van der Waals surface area contributed by atoms with Gasteiger partial charge in [0.15, 0.2) is 0 Å². The van der Waals surface area contributed by atoms with Crippen molar-refractivity contribution in [2.45, 2.75) is 12.4 Å². The third kappa shape index (κ3) is 6.13. The zero-order valence-corrected chi connectivity index (χ0v) is 15.8. The molecule has 0 aliphatic heterocycles. The van der Waals surface area contributed by atoms with Crippen LogP contribution in [0.25, 0.3) is 0 Å². The summed E-state index contributed by atoms with van der Waals surface area (Å²) in [6.07, 6.45) is -8.41. The fraction of sp³-hybridized carbons (Fsp3) is 0.235. The van der Waals surface area contributed by atoms with Gasteiger partial charge >= 0.3 is 12.4 Å². The minimum Gasteiger partial charge on any atom is -0.395 e. The minimum absolute atomic E-state index is 0.0260. The Bertz CT molecular complexity index is 998. The molecule has 0 aromatic carbocycles. The Kier molecular flexibility index (Phi) is 6.57. The number of hydrogen-bond donors (Lipinski definition) is 4. The van der Waals surface area contributed by atoms with Gasteiger partial charge in [0, 0.05) is 18.4 Å². The fourth-order valence-electron chi connectivity index (χ4n) is 2.30. The van der Waals surface area contributed by atoms with Crippen LogP contribution in [-0.4, -0.2) is 43.2 Å². The van der Waals surface area contributed by atoms with Crippen molar-refractivity contribution in [1.29, 1.82) is 0 Å². The Labute approximate surface area is 176 Å². The maximum Gasteiger partial charge on any atom is 0.433 e. The molecule has 0 spiro atoms. The number of aliphatic hydroxyl groups excluding tert-OH is 1. The number of aliphatic hydroxyl groups is 1. The van der Waals surface area contributed by atoms with E-state index in [1.807, 2.05) is 0 Å². The first-order valence-corrected chi connectivity index (χ1v) is 8.77. The summed E-state index contributed by atoms with van der Waals surface area (Å²) < 4.78 is 77.2. The molecule has 0 atom stereocenters. The highest BCUT2D eigenvalue weighted by Crippen LogP contribution is 2.30. The van der Waals surface area contributed by atoms with Crippen LogP contribution in [0.3, 0.4) is 0 Å². The molecule has 0 fully saturated rings. The second kappa shape index (κ2) is 9.17. The average molecular weight is 460 g/mol. The van der Waals surface area contributed by atoms with E-state index < -0.39 is 23.7 Å². The number of alkyl halides is 6. The summed E-state index contributed by atoms with van der Waals surface area (Å²) in [7, 11) is 0. The van der Waals surface area contributed by atoms with Crippen molar-refractivity contribution in [3.05, 3.63) is 47.9 Å². The number of nitrogens with one attached hydrogen (secondary N) is 3. The van der Waals surface area contributed by atoms with Crippen LogP contribution in [0.5, 0.6) is 0 Å². The van der Waals surface area contributed by atoms with Crippen LogP contribution >= 0.6 is 0 Å². The van der Waals surface area contributed by atoms with Crippen LogP contribution in [0, 0.1) is 0 Å². The summed E-state index contributed by atoms with van der Waals surface area (Å²) >= 11 is 0. The van der Waals surface area contributed by atoms with Gasteiger partial charge < -0.3 is 21.1 Å². The van der Waals surface area contributed by atoms with Crippen LogP contribution in [0.4, 0.5) is 55.7 Å². The van der Waals surface area contributed by atoms with Crippen molar-refractivity contribution in [1.82, 2.24) is 24.9 Å². The lowest BCUT2D eigenvalue weighted by Gasteiger charge is -2.12. The van der Waals surface area contributed by atoms with Crippen molar-refractivity contribution < 1.29 is 31.4 Å². The van der Waals surface area contributed by atoms with Crippen LogP contribution in [-0.2, 0) is 12.4 Å². The molecule has 9 nitrogen and oxygen atoms in total. The van der Waals surface area contributed by atoms with E-state index in [0.29, 0.717) is 0 Å². The van der Waals surface area contributed by atoms with E-state index in [2.05, 4.69) is 40.9 Å². The predicted molar refractivity (Wildman–Crippen MR) is 100 cm³/mol. The number of anilines is 5. The molecule has 0 amide bonds. The second-order valence-corrected chi connectivity index (χ2v) is 6.04. The van der Waals surface area contributed by atoms with E-state index in [0.717, 1.165) is 24.4 Å². The Morgan fingerprint density at radius 3 is 2.09 bits per heavy atom. The molecule has 170 valence electrons. The summed E-state index contributed by atoms with van der Waals surface area (Å²) in [5, 5.41) is 16.6. The monoisotopic (exact) mass is 460 g/mol. The third-order valence-electron chi connectivity index (χ3n) is 3.62. The molecule has 3 rings (SSSR count). The molecule has 3 aromatic rings. The molecule has 0 unspecified atom stereocenters. The molecular weight excluding hydrogens is 446 g/mol. The van der Waals surface area contributed by atoms with E-state index in [9.17, 15) is 26.3 Å². The molecule has 0 bridgehead atoms. The maximum absolute atomic E-state index is 12.9. The van der Waals surface area contributed by atoms with E-state index in [4.69, 9.17) is 5.11 Å². The van der Waals surface area contributed by atoms with Crippen LogP contribution in [0.2, 0.25) is 0 Å². The zero-order chi connectivity index (χ0) is 23.4. The van der Waals surface area contributed by atoms with Crippen molar-refractivity contribution >= 4 is 29.4 Å². The van der Waals surface area contributed by atoms with Crippen molar-refractivity contribution in [2.75, 3.05) is 29.1 Å². The van der Waals surface area contributed by atoms with Crippen LogP contribution in [0.1, 0.15) is 11.4 Å². The number of hydrogen-bond acceptors (Lipinski definition) is 9. The van der Waals surface area contributed by atoms with Gasteiger partial charge in [0.25, 0.3) is 0 Å².